The number of carbonyl (C=O) groups is 1. The zero-order valence-corrected chi connectivity index (χ0v) is 11.6. The lowest BCUT2D eigenvalue weighted by Crippen LogP contribution is -2.29. The number of nitrogens with two attached hydrogens (primary N) is 1. The van der Waals surface area contributed by atoms with Crippen molar-refractivity contribution in [3.05, 3.63) is 54.2 Å². The molecule has 21 heavy (non-hydrogen) atoms. The topological polar surface area (TPSA) is 68.5 Å². The standard InChI is InChI=1S/C16H17N3O2/c17-13-9-15(20)19(10-13)16-14(7-4-8-18-16)21-11-12-5-2-1-3-6-12/h1-8,13H,9-11,17H2. The molecule has 1 fully saturated rings. The highest BCUT2D eigenvalue weighted by Crippen LogP contribution is 2.29. The van der Waals surface area contributed by atoms with Gasteiger partial charge in [-0.05, 0) is 17.7 Å². The maximum atomic E-state index is 12.0. The van der Waals surface area contributed by atoms with E-state index < -0.39 is 0 Å². The molecule has 1 atom stereocenters. The minimum Gasteiger partial charge on any atom is -0.485 e. The van der Waals surface area contributed by atoms with Crippen LogP contribution in [0.3, 0.4) is 0 Å². The predicted octanol–water partition coefficient (Wildman–Crippen LogP) is 1.72. The second kappa shape index (κ2) is 5.93. The Balaban J connectivity index is 1.78. The number of aromatic nitrogens is 1. The monoisotopic (exact) mass is 283 g/mol. The van der Waals surface area contributed by atoms with E-state index in [0.29, 0.717) is 31.1 Å². The van der Waals surface area contributed by atoms with Crippen molar-refractivity contribution in [3.8, 4) is 5.75 Å². The molecule has 1 aliphatic rings. The van der Waals surface area contributed by atoms with Gasteiger partial charge in [0, 0.05) is 25.2 Å². The Morgan fingerprint density at radius 1 is 1.24 bits per heavy atom. The molecule has 1 aromatic carbocycles. The first-order valence-electron chi connectivity index (χ1n) is 6.92. The SMILES string of the molecule is NC1CC(=O)N(c2ncccc2OCc2ccccc2)C1. The number of rotatable bonds is 4. The molecule has 0 bridgehead atoms. The van der Waals surface area contributed by atoms with Crippen LogP contribution in [0.2, 0.25) is 0 Å². The van der Waals surface area contributed by atoms with E-state index in [1.54, 1.807) is 17.2 Å². The van der Waals surface area contributed by atoms with Gasteiger partial charge in [0.15, 0.2) is 11.6 Å². The first-order chi connectivity index (χ1) is 10.2. The van der Waals surface area contributed by atoms with Crippen LogP contribution >= 0.6 is 0 Å². The van der Waals surface area contributed by atoms with Gasteiger partial charge in [-0.2, -0.15) is 0 Å². The molecular weight excluding hydrogens is 266 g/mol. The van der Waals surface area contributed by atoms with E-state index in [2.05, 4.69) is 4.98 Å². The molecule has 2 heterocycles. The van der Waals surface area contributed by atoms with Gasteiger partial charge in [-0.3, -0.25) is 9.69 Å². The molecule has 0 radical (unpaired) electrons. The predicted molar refractivity (Wildman–Crippen MR) is 80.0 cm³/mol. The van der Waals surface area contributed by atoms with Gasteiger partial charge in [-0.1, -0.05) is 30.3 Å². The molecule has 3 rings (SSSR count). The Kier molecular flexibility index (Phi) is 3.83. The first-order valence-corrected chi connectivity index (χ1v) is 6.92. The molecule has 2 N–H and O–H groups in total. The Bertz CT molecular complexity index is 630. The molecule has 5 nitrogen and oxygen atoms in total. The number of nitrogens with zero attached hydrogens (tertiary/aromatic N) is 2. The highest BCUT2D eigenvalue weighted by molar-refractivity contribution is 5.96. The van der Waals surface area contributed by atoms with Crippen molar-refractivity contribution in [3.63, 3.8) is 0 Å². The van der Waals surface area contributed by atoms with Gasteiger partial charge >= 0.3 is 0 Å². The van der Waals surface area contributed by atoms with Gasteiger partial charge in [0.05, 0.1) is 0 Å². The van der Waals surface area contributed by atoms with Gasteiger partial charge in [0.2, 0.25) is 5.91 Å². The van der Waals surface area contributed by atoms with Crippen molar-refractivity contribution < 1.29 is 9.53 Å². The molecule has 0 spiro atoms. The molecular formula is C16H17N3O2. The highest BCUT2D eigenvalue weighted by Gasteiger charge is 2.30. The van der Waals surface area contributed by atoms with Crippen LogP contribution in [0, 0.1) is 0 Å². The van der Waals surface area contributed by atoms with E-state index >= 15 is 0 Å². The number of hydrogen-bond acceptors (Lipinski definition) is 4. The zero-order valence-electron chi connectivity index (χ0n) is 11.6. The fraction of sp³-hybridized carbons (Fsp3) is 0.250. The van der Waals surface area contributed by atoms with E-state index in [0.717, 1.165) is 5.56 Å². The van der Waals surface area contributed by atoms with Crippen LogP contribution in [0.25, 0.3) is 0 Å². The summed E-state index contributed by atoms with van der Waals surface area (Å²) in [5.74, 6) is 1.14. The molecule has 2 aromatic rings. The number of anilines is 1. The Morgan fingerprint density at radius 3 is 2.76 bits per heavy atom. The fourth-order valence-electron chi connectivity index (χ4n) is 2.37. The lowest BCUT2D eigenvalue weighted by molar-refractivity contribution is -0.117. The van der Waals surface area contributed by atoms with Crippen molar-refractivity contribution in [2.45, 2.75) is 19.1 Å². The smallest absolute Gasteiger partial charge is 0.229 e. The van der Waals surface area contributed by atoms with Crippen molar-refractivity contribution in [1.29, 1.82) is 0 Å². The van der Waals surface area contributed by atoms with Crippen LogP contribution in [0.4, 0.5) is 5.82 Å². The lowest BCUT2D eigenvalue weighted by atomic mass is 10.2. The molecule has 0 saturated carbocycles. The third kappa shape index (κ3) is 3.03. The molecule has 0 aliphatic carbocycles. The highest BCUT2D eigenvalue weighted by atomic mass is 16.5. The van der Waals surface area contributed by atoms with Crippen molar-refractivity contribution in [1.82, 2.24) is 4.98 Å². The van der Waals surface area contributed by atoms with Crippen LogP contribution in [0.5, 0.6) is 5.75 Å². The average molecular weight is 283 g/mol. The maximum Gasteiger partial charge on any atom is 0.229 e. The fourth-order valence-corrected chi connectivity index (χ4v) is 2.37. The largest absolute Gasteiger partial charge is 0.485 e. The van der Waals surface area contributed by atoms with Gasteiger partial charge in [-0.25, -0.2) is 4.98 Å². The van der Waals surface area contributed by atoms with E-state index in [9.17, 15) is 4.79 Å². The van der Waals surface area contributed by atoms with Crippen LogP contribution < -0.4 is 15.4 Å². The molecule has 5 heteroatoms. The van der Waals surface area contributed by atoms with Crippen molar-refractivity contribution in [2.75, 3.05) is 11.4 Å². The third-order valence-corrected chi connectivity index (χ3v) is 3.40. The maximum absolute atomic E-state index is 12.0. The summed E-state index contributed by atoms with van der Waals surface area (Å²) in [6.07, 6.45) is 2.01. The molecule has 1 aliphatic heterocycles. The summed E-state index contributed by atoms with van der Waals surface area (Å²) in [4.78, 5) is 17.8. The summed E-state index contributed by atoms with van der Waals surface area (Å²) < 4.78 is 5.82. The number of benzene rings is 1. The first kappa shape index (κ1) is 13.6. The number of carbonyl (C=O) groups excluding carboxylic acids is 1. The van der Waals surface area contributed by atoms with E-state index in [1.807, 2.05) is 36.4 Å². The molecule has 1 saturated heterocycles. The Morgan fingerprint density at radius 2 is 2.05 bits per heavy atom. The number of hydrogen-bond donors (Lipinski definition) is 1. The van der Waals surface area contributed by atoms with E-state index in [-0.39, 0.29) is 11.9 Å². The lowest BCUT2D eigenvalue weighted by Gasteiger charge is -2.18. The third-order valence-electron chi connectivity index (χ3n) is 3.40. The second-order valence-electron chi connectivity index (χ2n) is 5.07. The molecule has 1 amide bonds. The van der Waals surface area contributed by atoms with Gasteiger partial charge in [0.1, 0.15) is 6.61 Å². The summed E-state index contributed by atoms with van der Waals surface area (Å²) in [6.45, 7) is 0.922. The number of amides is 1. The summed E-state index contributed by atoms with van der Waals surface area (Å²) in [7, 11) is 0. The zero-order chi connectivity index (χ0) is 14.7. The minimum absolute atomic E-state index is 0.00855. The molecule has 1 unspecified atom stereocenters. The van der Waals surface area contributed by atoms with Gasteiger partial charge in [0.25, 0.3) is 0 Å². The van der Waals surface area contributed by atoms with Gasteiger partial charge < -0.3 is 10.5 Å². The normalized spacial score (nSPS) is 18.0. The summed E-state index contributed by atoms with van der Waals surface area (Å²) in [5.41, 5.74) is 6.90. The molecule has 108 valence electrons. The summed E-state index contributed by atoms with van der Waals surface area (Å²) >= 11 is 0. The van der Waals surface area contributed by atoms with Crippen molar-refractivity contribution in [2.24, 2.45) is 5.73 Å². The van der Waals surface area contributed by atoms with Crippen LogP contribution in [-0.4, -0.2) is 23.5 Å². The van der Waals surface area contributed by atoms with Crippen LogP contribution in [0.1, 0.15) is 12.0 Å². The van der Waals surface area contributed by atoms with Crippen LogP contribution in [-0.2, 0) is 11.4 Å². The Hall–Kier alpha value is -2.40. The quantitative estimate of drug-likeness (QED) is 0.927. The van der Waals surface area contributed by atoms with Gasteiger partial charge in [-0.15, -0.1) is 0 Å². The number of ether oxygens (including phenoxy) is 1. The van der Waals surface area contributed by atoms with Crippen LogP contribution in [0.15, 0.2) is 48.7 Å². The van der Waals surface area contributed by atoms with Crippen molar-refractivity contribution >= 4 is 11.7 Å². The Labute approximate surface area is 123 Å². The van der Waals surface area contributed by atoms with E-state index in [1.165, 1.54) is 0 Å². The second-order valence-corrected chi connectivity index (χ2v) is 5.07. The molecule has 1 aromatic heterocycles. The summed E-state index contributed by atoms with van der Waals surface area (Å²) in [5, 5.41) is 0. The average Bonchev–Trinajstić information content (AvgIpc) is 2.85. The summed E-state index contributed by atoms with van der Waals surface area (Å²) in [6, 6.07) is 13.4. The minimum atomic E-state index is -0.138. The number of pyridine rings is 1. The van der Waals surface area contributed by atoms with E-state index in [4.69, 9.17) is 10.5 Å².